The number of aromatic hydroxyl groups is 1. The Hall–Kier alpha value is -3.28. The van der Waals surface area contributed by atoms with Gasteiger partial charge in [-0.3, -0.25) is 4.79 Å². The van der Waals surface area contributed by atoms with Gasteiger partial charge in [-0.1, -0.05) is 43.5 Å². The van der Waals surface area contributed by atoms with Gasteiger partial charge in [-0.25, -0.2) is 4.79 Å². The van der Waals surface area contributed by atoms with E-state index in [0.717, 1.165) is 6.42 Å². The number of benzene rings is 2. The van der Waals surface area contributed by atoms with E-state index < -0.39 is 11.9 Å². The number of carbonyl (C=O) groups is 2. The summed E-state index contributed by atoms with van der Waals surface area (Å²) in [5.41, 5.74) is 1.87. The zero-order chi connectivity index (χ0) is 24.6. The summed E-state index contributed by atoms with van der Waals surface area (Å²) < 4.78 is 10.8. The van der Waals surface area contributed by atoms with E-state index in [1.54, 1.807) is 13.8 Å². The van der Waals surface area contributed by atoms with Crippen molar-refractivity contribution >= 4 is 17.6 Å². The molecule has 0 heterocycles. The van der Waals surface area contributed by atoms with Gasteiger partial charge in [-0.05, 0) is 81.3 Å². The molecule has 0 radical (unpaired) electrons. The normalized spacial score (nSPS) is 15.3. The van der Waals surface area contributed by atoms with Gasteiger partial charge in [0.2, 0.25) is 0 Å². The van der Waals surface area contributed by atoms with Crippen molar-refractivity contribution < 1.29 is 24.2 Å². The molecule has 0 spiro atoms. The number of rotatable bonds is 9. The van der Waals surface area contributed by atoms with E-state index in [9.17, 15) is 14.7 Å². The molecule has 0 aliphatic heterocycles. The first-order valence-corrected chi connectivity index (χ1v) is 12.0. The lowest BCUT2D eigenvalue weighted by molar-refractivity contribution is -0.118. The van der Waals surface area contributed by atoms with Crippen LogP contribution >= 0.6 is 0 Å². The van der Waals surface area contributed by atoms with Gasteiger partial charge >= 0.3 is 5.97 Å². The topological polar surface area (TPSA) is 84.9 Å². The molecule has 2 aromatic rings. The highest BCUT2D eigenvalue weighted by Crippen LogP contribution is 2.43. The number of anilines is 1. The number of nitrogens with one attached hydrogen (secondary N) is 1. The molecule has 0 aromatic heterocycles. The molecule has 2 aromatic carbocycles. The number of carbonyl (C=O) groups excluding carboxylic acids is 2. The van der Waals surface area contributed by atoms with E-state index in [1.807, 2.05) is 12.1 Å². The van der Waals surface area contributed by atoms with E-state index in [1.165, 1.54) is 55.9 Å². The average Bonchev–Trinajstić information content (AvgIpc) is 2.83. The second kappa shape index (κ2) is 11.7. The standard InChI is InChI=1S/C28H35NO5/c1-4-5-15-28(16-7-6-8-17-28)22-10-12-23(13-11-22)33-19-26(31)29-24-18-21(9-14-25(24)30)27(32)34-20(2)3/h4-5,9-14,18,20,30H,6-8,15-17,19H2,1-3H3,(H,29,31)/b5-4-. The van der Waals surface area contributed by atoms with Crippen molar-refractivity contribution in [1.29, 1.82) is 0 Å². The molecule has 1 saturated carbocycles. The first kappa shape index (κ1) is 25.3. The molecule has 1 aliphatic carbocycles. The fourth-order valence-corrected chi connectivity index (χ4v) is 4.47. The van der Waals surface area contributed by atoms with Crippen molar-refractivity contribution in [2.45, 2.75) is 70.8 Å². The van der Waals surface area contributed by atoms with Gasteiger partial charge in [0.25, 0.3) is 5.91 Å². The van der Waals surface area contributed by atoms with Gasteiger partial charge in [0, 0.05) is 0 Å². The number of esters is 1. The Morgan fingerprint density at radius 1 is 1.09 bits per heavy atom. The third-order valence-corrected chi connectivity index (χ3v) is 6.24. The van der Waals surface area contributed by atoms with Gasteiger partial charge < -0.3 is 19.9 Å². The first-order chi connectivity index (χ1) is 16.3. The van der Waals surface area contributed by atoms with Crippen molar-refractivity contribution in [3.63, 3.8) is 0 Å². The molecule has 1 aliphatic rings. The van der Waals surface area contributed by atoms with Gasteiger partial charge in [-0.15, -0.1) is 0 Å². The molecule has 1 amide bonds. The lowest BCUT2D eigenvalue weighted by atomic mass is 9.67. The highest BCUT2D eigenvalue weighted by atomic mass is 16.5. The zero-order valence-electron chi connectivity index (χ0n) is 20.3. The highest BCUT2D eigenvalue weighted by Gasteiger charge is 2.32. The van der Waals surface area contributed by atoms with E-state index >= 15 is 0 Å². The predicted molar refractivity (Wildman–Crippen MR) is 133 cm³/mol. The zero-order valence-corrected chi connectivity index (χ0v) is 20.3. The molecule has 0 bridgehead atoms. The van der Waals surface area contributed by atoms with Crippen LogP contribution in [0.4, 0.5) is 5.69 Å². The van der Waals surface area contributed by atoms with Gasteiger partial charge in [0.1, 0.15) is 11.5 Å². The van der Waals surface area contributed by atoms with Gasteiger partial charge in [0.05, 0.1) is 17.4 Å². The molecule has 1 fully saturated rings. The van der Waals surface area contributed by atoms with E-state index in [4.69, 9.17) is 9.47 Å². The Bertz CT molecular complexity index is 1000. The molecular formula is C28H35NO5. The molecule has 182 valence electrons. The summed E-state index contributed by atoms with van der Waals surface area (Å²) in [4.78, 5) is 24.5. The van der Waals surface area contributed by atoms with Crippen LogP contribution in [-0.2, 0) is 14.9 Å². The number of ether oxygens (including phenoxy) is 2. The Balaban J connectivity index is 1.60. The number of allylic oxidation sites excluding steroid dienone is 2. The summed E-state index contributed by atoms with van der Waals surface area (Å²) in [6, 6.07) is 12.2. The Morgan fingerprint density at radius 3 is 2.44 bits per heavy atom. The largest absolute Gasteiger partial charge is 0.506 e. The molecule has 0 saturated heterocycles. The van der Waals surface area contributed by atoms with Gasteiger partial charge in [0.15, 0.2) is 6.61 Å². The monoisotopic (exact) mass is 465 g/mol. The molecule has 0 atom stereocenters. The minimum atomic E-state index is -0.521. The molecule has 2 N–H and O–H groups in total. The molecule has 6 heteroatoms. The summed E-state index contributed by atoms with van der Waals surface area (Å²) >= 11 is 0. The van der Waals surface area contributed by atoms with Crippen LogP contribution in [0.15, 0.2) is 54.6 Å². The lowest BCUT2D eigenvalue weighted by Gasteiger charge is -2.37. The second-order valence-corrected chi connectivity index (χ2v) is 9.16. The number of hydrogen-bond acceptors (Lipinski definition) is 5. The van der Waals surface area contributed by atoms with Crippen LogP contribution < -0.4 is 10.1 Å². The number of phenols is 1. The van der Waals surface area contributed by atoms with Crippen LogP contribution in [0.25, 0.3) is 0 Å². The first-order valence-electron chi connectivity index (χ1n) is 12.0. The van der Waals surface area contributed by atoms with Crippen molar-refractivity contribution in [1.82, 2.24) is 0 Å². The Labute approximate surface area is 202 Å². The van der Waals surface area contributed by atoms with E-state index in [-0.39, 0.29) is 35.1 Å². The quantitative estimate of drug-likeness (QED) is 0.264. The Morgan fingerprint density at radius 2 is 1.79 bits per heavy atom. The SMILES string of the molecule is C/C=C\CC1(c2ccc(OCC(=O)Nc3cc(C(=O)OC(C)C)ccc3O)cc2)CCCCC1. The fourth-order valence-electron chi connectivity index (χ4n) is 4.47. The summed E-state index contributed by atoms with van der Waals surface area (Å²) in [7, 11) is 0. The van der Waals surface area contributed by atoms with Crippen molar-refractivity contribution in [2.75, 3.05) is 11.9 Å². The number of hydrogen-bond donors (Lipinski definition) is 2. The van der Waals surface area contributed by atoms with Crippen LogP contribution in [0.5, 0.6) is 11.5 Å². The van der Waals surface area contributed by atoms with Crippen LogP contribution in [0, 0.1) is 0 Å². The summed E-state index contributed by atoms with van der Waals surface area (Å²) in [6.07, 6.45) is 11.3. The molecule has 6 nitrogen and oxygen atoms in total. The predicted octanol–water partition coefficient (Wildman–Crippen LogP) is 6.14. The van der Waals surface area contributed by atoms with E-state index in [0.29, 0.717) is 5.75 Å². The smallest absolute Gasteiger partial charge is 0.338 e. The maximum absolute atomic E-state index is 12.4. The highest BCUT2D eigenvalue weighted by molar-refractivity contribution is 5.96. The van der Waals surface area contributed by atoms with Crippen molar-refractivity contribution in [2.24, 2.45) is 0 Å². The van der Waals surface area contributed by atoms with Crippen LogP contribution in [-0.4, -0.2) is 29.7 Å². The summed E-state index contributed by atoms with van der Waals surface area (Å²) in [6.45, 7) is 5.35. The maximum Gasteiger partial charge on any atom is 0.338 e. The van der Waals surface area contributed by atoms with Crippen molar-refractivity contribution in [3.8, 4) is 11.5 Å². The molecular weight excluding hydrogens is 430 g/mol. The van der Waals surface area contributed by atoms with Crippen molar-refractivity contribution in [3.05, 3.63) is 65.7 Å². The third-order valence-electron chi connectivity index (χ3n) is 6.24. The average molecular weight is 466 g/mol. The van der Waals surface area contributed by atoms with Crippen LogP contribution in [0.3, 0.4) is 0 Å². The lowest BCUT2D eigenvalue weighted by Crippen LogP contribution is -2.28. The number of phenolic OH excluding ortho intramolecular Hbond substituents is 1. The Kier molecular flexibility index (Phi) is 8.74. The fraction of sp³-hybridized carbons (Fsp3) is 0.429. The minimum Gasteiger partial charge on any atom is -0.506 e. The third kappa shape index (κ3) is 6.62. The van der Waals surface area contributed by atoms with Gasteiger partial charge in [-0.2, -0.15) is 0 Å². The van der Waals surface area contributed by atoms with E-state index in [2.05, 4.69) is 36.5 Å². The van der Waals surface area contributed by atoms with Crippen LogP contribution in [0.1, 0.15) is 75.2 Å². The molecule has 3 rings (SSSR count). The minimum absolute atomic E-state index is 0.130. The van der Waals surface area contributed by atoms with Crippen LogP contribution in [0.2, 0.25) is 0 Å². The second-order valence-electron chi connectivity index (χ2n) is 9.16. The molecule has 34 heavy (non-hydrogen) atoms. The molecule has 0 unspecified atom stereocenters. The number of amides is 1. The summed E-state index contributed by atoms with van der Waals surface area (Å²) in [5, 5.41) is 12.7. The maximum atomic E-state index is 12.4. The summed E-state index contributed by atoms with van der Waals surface area (Å²) in [5.74, 6) is -0.496.